The minimum absolute atomic E-state index is 0.223. The number of benzene rings is 2. The number of nitrogens with one attached hydrogen (secondary N) is 2. The molecular formula is C16H16N2O2S. The Kier molecular flexibility index (Phi) is 4.90. The molecule has 0 saturated heterocycles. The molecule has 0 radical (unpaired) electrons. The summed E-state index contributed by atoms with van der Waals surface area (Å²) < 4.78 is 5.08. The highest BCUT2D eigenvalue weighted by atomic mass is 32.1. The molecule has 5 heteroatoms. The van der Waals surface area contributed by atoms with Gasteiger partial charge in [0.2, 0.25) is 0 Å². The smallest absolute Gasteiger partial charge is 0.257 e. The first-order valence-electron chi connectivity index (χ1n) is 6.42. The van der Waals surface area contributed by atoms with Crippen LogP contribution in [0.25, 0.3) is 0 Å². The molecule has 0 aliphatic rings. The quantitative estimate of drug-likeness (QED) is 0.855. The third kappa shape index (κ3) is 4.03. The van der Waals surface area contributed by atoms with Crippen molar-refractivity contribution in [2.24, 2.45) is 0 Å². The Hall–Kier alpha value is -2.40. The minimum atomic E-state index is -0.223. The van der Waals surface area contributed by atoms with Crippen LogP contribution in [-0.2, 0) is 0 Å². The lowest BCUT2D eigenvalue weighted by Crippen LogP contribution is -2.34. The van der Waals surface area contributed by atoms with Crippen LogP contribution in [0.1, 0.15) is 15.9 Å². The predicted octanol–water partition coefficient (Wildman–Crippen LogP) is 3.13. The highest BCUT2D eigenvalue weighted by Crippen LogP contribution is 2.15. The van der Waals surface area contributed by atoms with Gasteiger partial charge in [-0.2, -0.15) is 0 Å². The number of carbonyl (C=O) groups excluding carboxylic acids is 1. The molecular weight excluding hydrogens is 284 g/mol. The number of anilines is 1. The molecule has 2 aromatic carbocycles. The van der Waals surface area contributed by atoms with Gasteiger partial charge in [0, 0.05) is 11.3 Å². The van der Waals surface area contributed by atoms with E-state index in [1.807, 2.05) is 49.4 Å². The lowest BCUT2D eigenvalue weighted by molar-refractivity contribution is 0.0977. The molecule has 2 N–H and O–H groups in total. The summed E-state index contributed by atoms with van der Waals surface area (Å²) in [5.74, 6) is 0.537. The summed E-state index contributed by atoms with van der Waals surface area (Å²) in [6.45, 7) is 1.88. The second-order valence-corrected chi connectivity index (χ2v) is 4.86. The summed E-state index contributed by atoms with van der Waals surface area (Å²) in [7, 11) is 1.61. The van der Waals surface area contributed by atoms with Gasteiger partial charge in [-0.25, -0.2) is 0 Å². The molecule has 108 valence electrons. The second-order valence-electron chi connectivity index (χ2n) is 4.45. The maximum atomic E-state index is 12.1. The first kappa shape index (κ1) is 15.0. The monoisotopic (exact) mass is 300 g/mol. The van der Waals surface area contributed by atoms with Crippen LogP contribution in [-0.4, -0.2) is 18.1 Å². The van der Waals surface area contributed by atoms with Crippen molar-refractivity contribution < 1.29 is 9.53 Å². The molecule has 0 aromatic heterocycles. The lowest BCUT2D eigenvalue weighted by atomic mass is 10.1. The summed E-state index contributed by atoms with van der Waals surface area (Å²) >= 11 is 5.14. The third-order valence-electron chi connectivity index (χ3n) is 2.96. The Morgan fingerprint density at radius 3 is 2.38 bits per heavy atom. The second kappa shape index (κ2) is 6.85. The molecule has 0 aliphatic heterocycles. The number of carbonyl (C=O) groups is 1. The van der Waals surface area contributed by atoms with Crippen LogP contribution in [0.4, 0.5) is 5.69 Å². The van der Waals surface area contributed by atoms with Crippen LogP contribution >= 0.6 is 12.2 Å². The van der Waals surface area contributed by atoms with Crippen LogP contribution < -0.4 is 15.4 Å². The summed E-state index contributed by atoms with van der Waals surface area (Å²) in [6, 6.07) is 14.6. The van der Waals surface area contributed by atoms with E-state index >= 15 is 0 Å². The van der Waals surface area contributed by atoms with Gasteiger partial charge in [-0.3, -0.25) is 10.1 Å². The van der Waals surface area contributed by atoms with Gasteiger partial charge in [0.15, 0.2) is 5.11 Å². The van der Waals surface area contributed by atoms with E-state index in [0.717, 1.165) is 17.0 Å². The summed E-state index contributed by atoms with van der Waals surface area (Å²) in [5.41, 5.74) is 2.30. The molecule has 2 aromatic rings. The zero-order valence-corrected chi connectivity index (χ0v) is 12.7. The summed E-state index contributed by atoms with van der Waals surface area (Å²) in [6.07, 6.45) is 0. The van der Waals surface area contributed by atoms with Crippen molar-refractivity contribution in [2.75, 3.05) is 12.4 Å². The van der Waals surface area contributed by atoms with Crippen LogP contribution in [0, 0.1) is 6.92 Å². The van der Waals surface area contributed by atoms with E-state index in [1.165, 1.54) is 0 Å². The first-order chi connectivity index (χ1) is 10.1. The average Bonchev–Trinajstić information content (AvgIpc) is 2.48. The fourth-order valence-corrected chi connectivity index (χ4v) is 2.05. The lowest BCUT2D eigenvalue weighted by Gasteiger charge is -2.11. The Balaban J connectivity index is 1.98. The number of methoxy groups -OCH3 is 1. The van der Waals surface area contributed by atoms with Gasteiger partial charge in [0.25, 0.3) is 5.91 Å². The maximum absolute atomic E-state index is 12.1. The summed E-state index contributed by atoms with van der Waals surface area (Å²) in [4.78, 5) is 12.1. The molecule has 0 spiro atoms. The van der Waals surface area contributed by atoms with Crippen molar-refractivity contribution >= 4 is 28.9 Å². The molecule has 0 heterocycles. The number of ether oxygens (including phenoxy) is 1. The van der Waals surface area contributed by atoms with Crippen molar-refractivity contribution in [2.45, 2.75) is 6.92 Å². The normalized spacial score (nSPS) is 9.81. The zero-order valence-electron chi connectivity index (χ0n) is 11.8. The van der Waals surface area contributed by atoms with Crippen molar-refractivity contribution in [3.63, 3.8) is 0 Å². The molecule has 0 saturated carbocycles. The molecule has 4 nitrogen and oxygen atoms in total. The number of hydrogen-bond donors (Lipinski definition) is 2. The number of hydrogen-bond acceptors (Lipinski definition) is 3. The van der Waals surface area contributed by atoms with Gasteiger partial charge in [-0.1, -0.05) is 18.2 Å². The molecule has 0 bridgehead atoms. The van der Waals surface area contributed by atoms with Crippen LogP contribution in [0.3, 0.4) is 0 Å². The topological polar surface area (TPSA) is 50.4 Å². The van der Waals surface area contributed by atoms with E-state index in [4.69, 9.17) is 17.0 Å². The van der Waals surface area contributed by atoms with Gasteiger partial charge in [-0.05, 0) is 55.0 Å². The van der Waals surface area contributed by atoms with Crippen molar-refractivity contribution in [1.82, 2.24) is 5.32 Å². The van der Waals surface area contributed by atoms with Gasteiger partial charge < -0.3 is 10.1 Å². The van der Waals surface area contributed by atoms with Gasteiger partial charge in [0.05, 0.1) is 7.11 Å². The van der Waals surface area contributed by atoms with E-state index in [1.54, 1.807) is 13.2 Å². The summed E-state index contributed by atoms with van der Waals surface area (Å²) in [5, 5.41) is 5.88. The van der Waals surface area contributed by atoms with Gasteiger partial charge in [0.1, 0.15) is 5.75 Å². The van der Waals surface area contributed by atoms with Crippen LogP contribution in [0.5, 0.6) is 5.75 Å². The van der Waals surface area contributed by atoms with Crippen molar-refractivity contribution in [3.8, 4) is 5.75 Å². The Labute approximate surface area is 129 Å². The Morgan fingerprint density at radius 1 is 1.10 bits per heavy atom. The van der Waals surface area contributed by atoms with E-state index in [9.17, 15) is 4.79 Å². The van der Waals surface area contributed by atoms with Crippen LogP contribution in [0.15, 0.2) is 48.5 Å². The SMILES string of the molecule is COc1ccc(NC(=S)NC(=O)c2ccccc2C)cc1. The third-order valence-corrected chi connectivity index (χ3v) is 3.17. The molecule has 0 unspecified atom stereocenters. The van der Waals surface area contributed by atoms with Crippen molar-refractivity contribution in [3.05, 3.63) is 59.7 Å². The standard InChI is InChI=1S/C16H16N2O2S/c1-11-5-3-4-6-14(11)15(19)18-16(21)17-12-7-9-13(20-2)10-8-12/h3-10H,1-2H3,(H2,17,18,19,21). The molecule has 21 heavy (non-hydrogen) atoms. The number of amides is 1. The first-order valence-corrected chi connectivity index (χ1v) is 6.83. The molecule has 1 amide bonds. The molecule has 0 fully saturated rings. The largest absolute Gasteiger partial charge is 0.497 e. The van der Waals surface area contributed by atoms with E-state index < -0.39 is 0 Å². The fraction of sp³-hybridized carbons (Fsp3) is 0.125. The van der Waals surface area contributed by atoms with Crippen LogP contribution in [0.2, 0.25) is 0 Å². The fourth-order valence-electron chi connectivity index (χ4n) is 1.83. The number of thiocarbonyl (C=S) groups is 1. The minimum Gasteiger partial charge on any atom is -0.497 e. The number of rotatable bonds is 3. The molecule has 0 aliphatic carbocycles. The Morgan fingerprint density at radius 2 is 1.76 bits per heavy atom. The van der Waals surface area contributed by atoms with E-state index in [0.29, 0.717) is 5.56 Å². The maximum Gasteiger partial charge on any atom is 0.257 e. The molecule has 2 rings (SSSR count). The number of aryl methyl sites for hydroxylation is 1. The highest BCUT2D eigenvalue weighted by molar-refractivity contribution is 7.80. The average molecular weight is 300 g/mol. The van der Waals surface area contributed by atoms with Crippen molar-refractivity contribution in [1.29, 1.82) is 0 Å². The van der Waals surface area contributed by atoms with E-state index in [2.05, 4.69) is 10.6 Å². The van der Waals surface area contributed by atoms with Gasteiger partial charge >= 0.3 is 0 Å². The highest BCUT2D eigenvalue weighted by Gasteiger charge is 2.09. The van der Waals surface area contributed by atoms with E-state index in [-0.39, 0.29) is 11.0 Å². The zero-order chi connectivity index (χ0) is 15.2. The van der Waals surface area contributed by atoms with Gasteiger partial charge in [-0.15, -0.1) is 0 Å². The Bertz CT molecular complexity index is 654. The predicted molar refractivity (Wildman–Crippen MR) is 87.9 cm³/mol. The molecule has 0 atom stereocenters.